The predicted octanol–water partition coefficient (Wildman–Crippen LogP) is 2.74. The van der Waals surface area contributed by atoms with Gasteiger partial charge in [-0.25, -0.2) is 0 Å². The molecule has 2 rings (SSSR count). The fourth-order valence-electron chi connectivity index (χ4n) is 2.07. The van der Waals surface area contributed by atoms with Crippen molar-refractivity contribution in [3.8, 4) is 0 Å². The van der Waals surface area contributed by atoms with Gasteiger partial charge in [0.2, 0.25) is 0 Å². The molecule has 1 amide bonds. The molecule has 0 bridgehead atoms. The number of nitrogens with one attached hydrogen (secondary N) is 1. The number of aryl methyl sites for hydroxylation is 1. The average molecular weight is 326 g/mol. The lowest BCUT2D eigenvalue weighted by molar-refractivity contribution is -0.137. The highest BCUT2D eigenvalue weighted by Crippen LogP contribution is 2.34. The first kappa shape index (κ1) is 14.1. The second-order valence-corrected chi connectivity index (χ2v) is 5.85. The Morgan fingerprint density at radius 2 is 2.16 bits per heavy atom. The van der Waals surface area contributed by atoms with Crippen molar-refractivity contribution in [1.29, 1.82) is 0 Å². The van der Waals surface area contributed by atoms with Gasteiger partial charge >= 0.3 is 5.97 Å². The summed E-state index contributed by atoms with van der Waals surface area (Å²) in [7, 11) is 0. The van der Waals surface area contributed by atoms with Gasteiger partial charge in [0.15, 0.2) is 0 Å². The third-order valence-corrected chi connectivity index (χ3v) is 3.93. The molecule has 0 radical (unpaired) electrons. The summed E-state index contributed by atoms with van der Waals surface area (Å²) in [6.07, 6.45) is 1.97. The molecule has 0 aliphatic heterocycles. The first-order valence-corrected chi connectivity index (χ1v) is 7.05. The molecule has 1 atom stereocenters. The van der Waals surface area contributed by atoms with Gasteiger partial charge in [-0.05, 0) is 59.3 Å². The first-order chi connectivity index (χ1) is 8.97. The van der Waals surface area contributed by atoms with Crippen LogP contribution in [-0.2, 0) is 4.79 Å². The van der Waals surface area contributed by atoms with Crippen molar-refractivity contribution in [2.75, 3.05) is 0 Å². The minimum Gasteiger partial charge on any atom is -0.481 e. The van der Waals surface area contributed by atoms with Crippen LogP contribution in [0.1, 0.15) is 35.2 Å². The van der Waals surface area contributed by atoms with Gasteiger partial charge in [-0.1, -0.05) is 6.07 Å². The Bertz CT molecular complexity index is 511. The Kier molecular flexibility index (Phi) is 4.24. The number of carboxylic acids is 1. The van der Waals surface area contributed by atoms with Crippen molar-refractivity contribution in [3.63, 3.8) is 0 Å². The highest BCUT2D eigenvalue weighted by Gasteiger charge is 2.34. The van der Waals surface area contributed by atoms with E-state index in [-0.39, 0.29) is 18.4 Å². The largest absolute Gasteiger partial charge is 0.481 e. The van der Waals surface area contributed by atoms with E-state index in [1.807, 2.05) is 19.1 Å². The van der Waals surface area contributed by atoms with Crippen LogP contribution in [0, 0.1) is 12.8 Å². The van der Waals surface area contributed by atoms with Crippen LogP contribution in [0.4, 0.5) is 0 Å². The maximum Gasteiger partial charge on any atom is 0.305 e. The van der Waals surface area contributed by atoms with Crippen LogP contribution < -0.4 is 5.32 Å². The van der Waals surface area contributed by atoms with E-state index < -0.39 is 5.97 Å². The standard InChI is InChI=1S/C14H16BrNO3/c1-8-2-5-10(11(15)6-8)14(19)16-12(7-13(17)18)9-3-4-9/h2,5-6,9,12H,3-4,7H2,1H3,(H,16,19)(H,17,18). The summed E-state index contributed by atoms with van der Waals surface area (Å²) < 4.78 is 0.731. The highest BCUT2D eigenvalue weighted by molar-refractivity contribution is 9.10. The Morgan fingerprint density at radius 3 is 2.68 bits per heavy atom. The Balaban J connectivity index is 2.08. The molecule has 1 unspecified atom stereocenters. The maximum atomic E-state index is 12.2. The SMILES string of the molecule is Cc1ccc(C(=O)NC(CC(=O)O)C2CC2)c(Br)c1. The minimum absolute atomic E-state index is 0.0140. The lowest BCUT2D eigenvalue weighted by atomic mass is 10.1. The number of halogens is 1. The molecule has 1 aromatic carbocycles. The summed E-state index contributed by atoms with van der Waals surface area (Å²) in [5, 5.41) is 11.7. The molecule has 1 fully saturated rings. The van der Waals surface area contributed by atoms with E-state index in [9.17, 15) is 9.59 Å². The van der Waals surface area contributed by atoms with Crippen LogP contribution >= 0.6 is 15.9 Å². The Hall–Kier alpha value is -1.36. The molecule has 1 saturated carbocycles. The maximum absolute atomic E-state index is 12.2. The third-order valence-electron chi connectivity index (χ3n) is 3.27. The smallest absolute Gasteiger partial charge is 0.305 e. The van der Waals surface area contributed by atoms with Gasteiger partial charge in [0, 0.05) is 10.5 Å². The fourth-order valence-corrected chi connectivity index (χ4v) is 2.75. The molecular formula is C14H16BrNO3. The van der Waals surface area contributed by atoms with Crippen molar-refractivity contribution >= 4 is 27.8 Å². The van der Waals surface area contributed by atoms with Crippen LogP contribution in [0.2, 0.25) is 0 Å². The number of amides is 1. The molecule has 0 heterocycles. The van der Waals surface area contributed by atoms with Crippen molar-refractivity contribution in [3.05, 3.63) is 33.8 Å². The Morgan fingerprint density at radius 1 is 1.47 bits per heavy atom. The van der Waals surface area contributed by atoms with Crippen LogP contribution in [0.15, 0.2) is 22.7 Å². The molecular weight excluding hydrogens is 310 g/mol. The summed E-state index contributed by atoms with van der Waals surface area (Å²) in [6, 6.07) is 5.22. The summed E-state index contributed by atoms with van der Waals surface area (Å²) >= 11 is 3.36. The molecule has 0 aromatic heterocycles. The van der Waals surface area contributed by atoms with E-state index >= 15 is 0 Å². The molecule has 5 heteroatoms. The number of benzene rings is 1. The molecule has 0 saturated heterocycles. The average Bonchev–Trinajstić information content (AvgIpc) is 3.10. The van der Waals surface area contributed by atoms with Crippen molar-refractivity contribution in [2.45, 2.75) is 32.2 Å². The summed E-state index contributed by atoms with van der Waals surface area (Å²) in [5.74, 6) is -0.783. The van der Waals surface area contributed by atoms with E-state index in [0.717, 1.165) is 22.9 Å². The van der Waals surface area contributed by atoms with Crippen LogP contribution in [0.3, 0.4) is 0 Å². The summed E-state index contributed by atoms with van der Waals surface area (Å²) in [6.45, 7) is 1.95. The van der Waals surface area contributed by atoms with E-state index in [1.54, 1.807) is 6.07 Å². The van der Waals surface area contributed by atoms with Gasteiger partial charge in [-0.2, -0.15) is 0 Å². The molecule has 102 valence electrons. The van der Waals surface area contributed by atoms with Gasteiger partial charge in [0.25, 0.3) is 5.91 Å². The van der Waals surface area contributed by atoms with Crippen LogP contribution in [0.5, 0.6) is 0 Å². The lowest BCUT2D eigenvalue weighted by Crippen LogP contribution is -2.38. The highest BCUT2D eigenvalue weighted by atomic mass is 79.9. The second kappa shape index (κ2) is 5.74. The van der Waals surface area contributed by atoms with E-state index in [1.165, 1.54) is 0 Å². The predicted molar refractivity (Wildman–Crippen MR) is 75.1 cm³/mol. The molecule has 1 aliphatic carbocycles. The molecule has 0 spiro atoms. The van der Waals surface area contributed by atoms with Gasteiger partial charge in [0.1, 0.15) is 0 Å². The first-order valence-electron chi connectivity index (χ1n) is 6.26. The van der Waals surface area contributed by atoms with E-state index in [0.29, 0.717) is 11.5 Å². The van der Waals surface area contributed by atoms with Crippen molar-refractivity contribution < 1.29 is 14.7 Å². The van der Waals surface area contributed by atoms with Gasteiger partial charge in [0.05, 0.1) is 12.0 Å². The summed E-state index contributed by atoms with van der Waals surface area (Å²) in [4.78, 5) is 23.0. The van der Waals surface area contributed by atoms with Crippen molar-refractivity contribution in [1.82, 2.24) is 5.32 Å². The molecule has 4 nitrogen and oxygen atoms in total. The molecule has 1 aromatic rings. The fraction of sp³-hybridized carbons (Fsp3) is 0.429. The zero-order valence-electron chi connectivity index (χ0n) is 10.6. The molecule has 2 N–H and O–H groups in total. The van der Waals surface area contributed by atoms with Gasteiger partial charge < -0.3 is 10.4 Å². The number of aliphatic carboxylic acids is 1. The monoisotopic (exact) mass is 325 g/mol. The zero-order valence-corrected chi connectivity index (χ0v) is 12.2. The zero-order chi connectivity index (χ0) is 14.0. The number of carboxylic acid groups (broad SMARTS) is 1. The lowest BCUT2D eigenvalue weighted by Gasteiger charge is -2.16. The normalized spacial score (nSPS) is 15.9. The quantitative estimate of drug-likeness (QED) is 0.874. The topological polar surface area (TPSA) is 66.4 Å². The molecule has 19 heavy (non-hydrogen) atoms. The van der Waals surface area contributed by atoms with Gasteiger partial charge in [-0.3, -0.25) is 9.59 Å². The molecule has 1 aliphatic rings. The summed E-state index contributed by atoms with van der Waals surface area (Å²) in [5.41, 5.74) is 1.61. The van der Waals surface area contributed by atoms with Crippen LogP contribution in [-0.4, -0.2) is 23.0 Å². The number of carbonyl (C=O) groups is 2. The number of hydrogen-bond donors (Lipinski definition) is 2. The van der Waals surface area contributed by atoms with E-state index in [2.05, 4.69) is 21.2 Å². The van der Waals surface area contributed by atoms with Gasteiger partial charge in [-0.15, -0.1) is 0 Å². The van der Waals surface area contributed by atoms with Crippen LogP contribution in [0.25, 0.3) is 0 Å². The number of hydrogen-bond acceptors (Lipinski definition) is 2. The van der Waals surface area contributed by atoms with Crippen molar-refractivity contribution in [2.24, 2.45) is 5.92 Å². The second-order valence-electron chi connectivity index (χ2n) is 5.00. The minimum atomic E-state index is -0.875. The Labute approximate surface area is 120 Å². The van der Waals surface area contributed by atoms with E-state index in [4.69, 9.17) is 5.11 Å². The number of carbonyl (C=O) groups excluding carboxylic acids is 1. The number of rotatable bonds is 5. The third kappa shape index (κ3) is 3.80.